The fourth-order valence-electron chi connectivity index (χ4n) is 2.41. The van der Waals surface area contributed by atoms with Crippen LogP contribution in [0.3, 0.4) is 0 Å². The van der Waals surface area contributed by atoms with Crippen molar-refractivity contribution >= 4 is 50.2 Å². The van der Waals surface area contributed by atoms with Gasteiger partial charge in [-0.25, -0.2) is 8.42 Å². The summed E-state index contributed by atoms with van der Waals surface area (Å²) in [5, 5.41) is 6.95. The molecular weight excluding hydrogens is 392 g/mol. The van der Waals surface area contributed by atoms with Gasteiger partial charge in [-0.1, -0.05) is 28.9 Å². The van der Waals surface area contributed by atoms with E-state index in [1.165, 1.54) is 18.2 Å². The van der Waals surface area contributed by atoms with Crippen molar-refractivity contribution in [3.63, 3.8) is 0 Å². The molecule has 0 aliphatic heterocycles. The van der Waals surface area contributed by atoms with Crippen molar-refractivity contribution in [2.75, 3.05) is 10.0 Å². The Morgan fingerprint density at radius 1 is 1.11 bits per heavy atom. The lowest BCUT2D eigenvalue weighted by molar-refractivity contribution is 0.400. The number of rotatable bonds is 5. The number of benzene rings is 2. The van der Waals surface area contributed by atoms with Crippen molar-refractivity contribution < 1.29 is 17.4 Å². The molecule has 0 atom stereocenters. The van der Waals surface area contributed by atoms with E-state index in [-0.39, 0.29) is 10.9 Å². The van der Waals surface area contributed by atoms with Gasteiger partial charge in [-0.3, -0.25) is 10.0 Å². The average Bonchev–Trinajstić information content (AvgIpc) is 3.21. The van der Waals surface area contributed by atoms with Gasteiger partial charge in [0.15, 0.2) is 11.4 Å². The van der Waals surface area contributed by atoms with Crippen LogP contribution < -0.4 is 10.0 Å². The van der Waals surface area contributed by atoms with E-state index in [2.05, 4.69) is 20.2 Å². The number of fused-ring (bicyclic) bond motifs is 1. The van der Waals surface area contributed by atoms with Crippen LogP contribution in [-0.4, -0.2) is 18.6 Å². The highest BCUT2D eigenvalue weighted by molar-refractivity contribution is 7.92. The maximum absolute atomic E-state index is 12.6. The normalized spacial score (nSPS) is 11.6. The molecule has 2 heterocycles. The Morgan fingerprint density at radius 3 is 2.67 bits per heavy atom. The van der Waals surface area contributed by atoms with Crippen LogP contribution in [0.2, 0.25) is 5.02 Å². The molecule has 0 spiro atoms. The van der Waals surface area contributed by atoms with E-state index >= 15 is 0 Å². The summed E-state index contributed by atoms with van der Waals surface area (Å²) in [6.45, 7) is 1.76. The van der Waals surface area contributed by atoms with Crippen LogP contribution in [-0.2, 0) is 10.0 Å². The Labute approximate surface area is 159 Å². The van der Waals surface area contributed by atoms with Gasteiger partial charge >= 0.3 is 6.01 Å². The summed E-state index contributed by atoms with van der Waals surface area (Å²) in [7, 11) is -3.84. The summed E-state index contributed by atoms with van der Waals surface area (Å²) in [6, 6.07) is 12.8. The molecule has 10 heteroatoms. The molecule has 0 saturated heterocycles. The summed E-state index contributed by atoms with van der Waals surface area (Å²) in [5.41, 5.74) is 1.09. The number of nitrogens with zero attached hydrogens (tertiary/aromatic N) is 2. The Bertz CT molecular complexity index is 1230. The number of halogens is 1. The molecule has 0 aliphatic rings. The lowest BCUT2D eigenvalue weighted by Gasteiger charge is -2.09. The first-order chi connectivity index (χ1) is 12.9. The lowest BCUT2D eigenvalue weighted by Crippen LogP contribution is -2.13. The Kier molecular flexibility index (Phi) is 4.25. The topological polar surface area (TPSA) is 110 Å². The minimum absolute atomic E-state index is 0.0343. The molecule has 2 N–H and O–H groups in total. The monoisotopic (exact) mass is 404 g/mol. The van der Waals surface area contributed by atoms with Crippen LogP contribution >= 0.6 is 11.6 Å². The van der Waals surface area contributed by atoms with Crippen molar-refractivity contribution in [2.45, 2.75) is 11.8 Å². The van der Waals surface area contributed by atoms with Gasteiger partial charge < -0.3 is 8.94 Å². The molecule has 4 aromatic rings. The van der Waals surface area contributed by atoms with E-state index < -0.39 is 10.0 Å². The largest absolute Gasteiger partial charge is 0.423 e. The molecule has 2 aromatic carbocycles. The second-order valence-corrected chi connectivity index (χ2v) is 7.77. The molecule has 0 radical (unpaired) electrons. The fraction of sp³-hybridized carbons (Fsp3) is 0.0588. The number of aromatic nitrogens is 2. The zero-order valence-electron chi connectivity index (χ0n) is 13.9. The zero-order valence-corrected chi connectivity index (χ0v) is 15.5. The molecule has 2 aromatic heterocycles. The molecular formula is C17H13ClN4O4S. The summed E-state index contributed by atoms with van der Waals surface area (Å²) in [6.07, 6.45) is 0. The minimum Gasteiger partial charge on any atom is -0.423 e. The van der Waals surface area contributed by atoms with Gasteiger partial charge in [0.25, 0.3) is 10.0 Å². The van der Waals surface area contributed by atoms with Crippen molar-refractivity contribution in [3.8, 4) is 0 Å². The average molecular weight is 405 g/mol. The van der Waals surface area contributed by atoms with E-state index in [4.69, 9.17) is 20.5 Å². The minimum atomic E-state index is -3.84. The summed E-state index contributed by atoms with van der Waals surface area (Å²) < 4.78 is 38.2. The lowest BCUT2D eigenvalue weighted by atomic mass is 10.3. The molecule has 0 saturated carbocycles. The van der Waals surface area contributed by atoms with Gasteiger partial charge in [0.2, 0.25) is 0 Å². The van der Waals surface area contributed by atoms with Gasteiger partial charge in [0.1, 0.15) is 11.3 Å². The van der Waals surface area contributed by atoms with Crippen LogP contribution in [0, 0.1) is 6.92 Å². The quantitative estimate of drug-likeness (QED) is 0.509. The summed E-state index contributed by atoms with van der Waals surface area (Å²) in [5.74, 6) is 1.07. The van der Waals surface area contributed by atoms with Crippen LogP contribution in [0.4, 0.5) is 17.5 Å². The molecule has 0 amide bonds. The van der Waals surface area contributed by atoms with Crippen molar-refractivity contribution in [1.82, 2.24) is 10.1 Å². The third-order valence-electron chi connectivity index (χ3n) is 3.65. The number of oxazole rings is 1. The van der Waals surface area contributed by atoms with E-state index in [1.54, 1.807) is 37.3 Å². The highest BCUT2D eigenvalue weighted by Crippen LogP contribution is 2.27. The van der Waals surface area contributed by atoms with Gasteiger partial charge in [0.05, 0.1) is 15.6 Å². The van der Waals surface area contributed by atoms with E-state index in [0.29, 0.717) is 33.4 Å². The van der Waals surface area contributed by atoms with E-state index in [0.717, 1.165) is 0 Å². The molecule has 0 fully saturated rings. The SMILES string of the molecule is Cc1cc(Nc2nc3cc(S(=O)(=O)Nc4ccccc4Cl)ccc3o2)no1. The molecule has 4 rings (SSSR count). The second-order valence-electron chi connectivity index (χ2n) is 5.68. The smallest absolute Gasteiger partial charge is 0.301 e. The van der Waals surface area contributed by atoms with E-state index in [1.807, 2.05) is 0 Å². The molecule has 0 unspecified atom stereocenters. The molecule has 27 heavy (non-hydrogen) atoms. The zero-order chi connectivity index (χ0) is 19.0. The maximum atomic E-state index is 12.6. The molecule has 8 nitrogen and oxygen atoms in total. The van der Waals surface area contributed by atoms with Crippen LogP contribution in [0.1, 0.15) is 5.76 Å². The summed E-state index contributed by atoms with van der Waals surface area (Å²) >= 11 is 6.02. The highest BCUT2D eigenvalue weighted by atomic mass is 35.5. The number of aryl methyl sites for hydroxylation is 1. The molecule has 0 bridgehead atoms. The third-order valence-corrected chi connectivity index (χ3v) is 5.34. The Hall–Kier alpha value is -3.04. The first-order valence-corrected chi connectivity index (χ1v) is 9.65. The van der Waals surface area contributed by atoms with Crippen molar-refractivity contribution in [3.05, 3.63) is 59.3 Å². The molecule has 138 valence electrons. The standard InChI is InChI=1S/C17H13ClN4O4S/c1-10-8-16(21-26-10)20-17-19-14-9-11(6-7-15(14)25-17)27(23,24)22-13-5-3-2-4-12(13)18/h2-9,22H,1H3,(H,19,20,21). The van der Waals surface area contributed by atoms with Crippen LogP contribution in [0.25, 0.3) is 11.1 Å². The first kappa shape index (κ1) is 17.4. The van der Waals surface area contributed by atoms with Gasteiger partial charge in [-0.2, -0.15) is 4.98 Å². The fourth-order valence-corrected chi connectivity index (χ4v) is 3.75. The van der Waals surface area contributed by atoms with E-state index in [9.17, 15) is 8.42 Å². The third kappa shape index (κ3) is 3.60. The van der Waals surface area contributed by atoms with Crippen molar-refractivity contribution in [2.24, 2.45) is 0 Å². The summed E-state index contributed by atoms with van der Waals surface area (Å²) in [4.78, 5) is 4.27. The highest BCUT2D eigenvalue weighted by Gasteiger charge is 2.18. The number of nitrogens with one attached hydrogen (secondary N) is 2. The number of hydrogen-bond acceptors (Lipinski definition) is 7. The Morgan fingerprint density at radius 2 is 1.93 bits per heavy atom. The number of anilines is 3. The second kappa shape index (κ2) is 6.60. The van der Waals surface area contributed by atoms with Crippen LogP contribution in [0.5, 0.6) is 0 Å². The van der Waals surface area contributed by atoms with Gasteiger partial charge in [-0.05, 0) is 37.3 Å². The predicted octanol–water partition coefficient (Wildman–Crippen LogP) is 4.32. The number of hydrogen-bond donors (Lipinski definition) is 2. The molecule has 0 aliphatic carbocycles. The van der Waals surface area contributed by atoms with Gasteiger partial charge in [-0.15, -0.1) is 0 Å². The Balaban J connectivity index is 1.63. The van der Waals surface area contributed by atoms with Crippen molar-refractivity contribution in [1.29, 1.82) is 0 Å². The first-order valence-electron chi connectivity index (χ1n) is 7.79. The van der Waals surface area contributed by atoms with Gasteiger partial charge in [0, 0.05) is 6.07 Å². The number of para-hydroxylation sites is 1. The predicted molar refractivity (Wildman–Crippen MR) is 101 cm³/mol. The maximum Gasteiger partial charge on any atom is 0.301 e. The number of sulfonamides is 1. The van der Waals surface area contributed by atoms with Crippen LogP contribution in [0.15, 0.2) is 62.4 Å².